The summed E-state index contributed by atoms with van der Waals surface area (Å²) in [6, 6.07) is 10.6. The number of methoxy groups -OCH3 is 2. The Balaban J connectivity index is 0.000000226. The number of nitrogens with one attached hydrogen (secondary N) is 2. The highest BCUT2D eigenvalue weighted by molar-refractivity contribution is 5.87. The van der Waals surface area contributed by atoms with Gasteiger partial charge in [0.15, 0.2) is 11.5 Å². The number of carbonyl (C=O) groups excluding carboxylic acids is 1. The van der Waals surface area contributed by atoms with Gasteiger partial charge in [-0.05, 0) is 50.2 Å². The van der Waals surface area contributed by atoms with Crippen LogP contribution in [0.25, 0.3) is 21.9 Å². The summed E-state index contributed by atoms with van der Waals surface area (Å²) in [6.45, 7) is 5.96. The van der Waals surface area contributed by atoms with E-state index in [-0.39, 0.29) is 12.2 Å². The van der Waals surface area contributed by atoms with Crippen molar-refractivity contribution in [3.8, 4) is 17.4 Å². The number of rotatable bonds is 6. The fraction of sp³-hybridized carbons (Fsp3) is 0.348. The van der Waals surface area contributed by atoms with Gasteiger partial charge in [0.2, 0.25) is 11.2 Å². The summed E-state index contributed by atoms with van der Waals surface area (Å²) in [5.41, 5.74) is 0.234. The number of fused-ring (bicyclic) bond motifs is 2. The van der Waals surface area contributed by atoms with Crippen LogP contribution in [0.15, 0.2) is 50.2 Å². The van der Waals surface area contributed by atoms with Crippen molar-refractivity contribution < 1.29 is 32.8 Å². The first-order chi connectivity index (χ1) is 16.2. The van der Waals surface area contributed by atoms with Gasteiger partial charge in [-0.15, -0.1) is 0 Å². The quantitative estimate of drug-likeness (QED) is 0.400. The second kappa shape index (κ2) is 10.6. The molecule has 0 bridgehead atoms. The highest BCUT2D eigenvalue weighted by Gasteiger charge is 2.16. The second-order valence-electron chi connectivity index (χ2n) is 7.97. The van der Waals surface area contributed by atoms with Gasteiger partial charge in [-0.2, -0.15) is 5.16 Å². The Bertz CT molecular complexity index is 1300. The third kappa shape index (κ3) is 6.00. The first-order valence-electron chi connectivity index (χ1n) is 10.4. The highest BCUT2D eigenvalue weighted by Crippen LogP contribution is 2.31. The van der Waals surface area contributed by atoms with Crippen molar-refractivity contribution in [2.75, 3.05) is 27.4 Å². The van der Waals surface area contributed by atoms with Crippen LogP contribution in [0.1, 0.15) is 20.8 Å². The Hall–Kier alpha value is -4.15. The molecule has 11 nitrogen and oxygen atoms in total. The molecule has 0 aliphatic carbocycles. The van der Waals surface area contributed by atoms with Crippen LogP contribution in [0.2, 0.25) is 0 Å². The smallest absolute Gasteiger partial charge is 0.407 e. The summed E-state index contributed by atoms with van der Waals surface area (Å²) >= 11 is 0. The Labute approximate surface area is 194 Å². The molecule has 182 valence electrons. The van der Waals surface area contributed by atoms with Crippen LogP contribution in [-0.2, 0) is 4.74 Å². The number of amides is 1. The molecule has 2 heterocycles. The molecule has 0 aliphatic rings. The average Bonchev–Trinajstić information content (AvgIpc) is 3.39. The maximum absolute atomic E-state index is 11.5. The predicted molar refractivity (Wildman–Crippen MR) is 124 cm³/mol. The molecule has 0 unspecified atom stereocenters. The van der Waals surface area contributed by atoms with E-state index in [9.17, 15) is 9.59 Å². The Morgan fingerprint density at radius 1 is 1.03 bits per heavy atom. The number of carbonyl (C=O) groups is 1. The van der Waals surface area contributed by atoms with Crippen molar-refractivity contribution in [2.45, 2.75) is 26.4 Å². The summed E-state index contributed by atoms with van der Waals surface area (Å²) in [4.78, 5) is 22.5. The Morgan fingerprint density at radius 3 is 2.32 bits per heavy atom. The van der Waals surface area contributed by atoms with Gasteiger partial charge in [0.05, 0.1) is 31.5 Å². The van der Waals surface area contributed by atoms with Gasteiger partial charge >= 0.3 is 6.09 Å². The van der Waals surface area contributed by atoms with E-state index in [1.807, 2.05) is 12.1 Å². The zero-order valence-electron chi connectivity index (χ0n) is 19.6. The van der Waals surface area contributed by atoms with E-state index >= 15 is 0 Å². The van der Waals surface area contributed by atoms with Crippen LogP contribution < -0.4 is 25.1 Å². The summed E-state index contributed by atoms with van der Waals surface area (Å²) in [7, 11) is 3.09. The topological polar surface area (TPSA) is 138 Å². The van der Waals surface area contributed by atoms with E-state index in [1.165, 1.54) is 7.11 Å². The zero-order chi connectivity index (χ0) is 24.7. The monoisotopic (exact) mass is 473 g/mol. The van der Waals surface area contributed by atoms with Crippen LogP contribution in [0.5, 0.6) is 17.4 Å². The number of benzene rings is 2. The molecule has 0 saturated heterocycles. The van der Waals surface area contributed by atoms with Gasteiger partial charge in [-0.1, -0.05) is 12.1 Å². The minimum absolute atomic E-state index is 0.232. The van der Waals surface area contributed by atoms with Gasteiger partial charge in [0.25, 0.3) is 11.4 Å². The number of hydrogen-bond donors (Lipinski definition) is 2. The van der Waals surface area contributed by atoms with Crippen molar-refractivity contribution in [2.24, 2.45) is 0 Å². The van der Waals surface area contributed by atoms with Gasteiger partial charge in [-0.3, -0.25) is 4.79 Å². The van der Waals surface area contributed by atoms with Crippen LogP contribution >= 0.6 is 0 Å². The van der Waals surface area contributed by atoms with Gasteiger partial charge in [0, 0.05) is 0 Å². The standard InChI is InChI=1S/C15H20N2O5.C8H7NO3/c1-15(2,3)21-14(18)16-8-9-20-13-10-6-5-7-11(19-4)12(10)22-17-13;1-11-6-4-2-3-5-7(6)12-9-8(5)10/h5-7H,8-9H2,1-4H3,(H,16,18);2-4H,1H3,(H,9,10). The number of hydrogen-bond acceptors (Lipinski definition) is 9. The lowest BCUT2D eigenvalue weighted by Crippen LogP contribution is -2.34. The van der Waals surface area contributed by atoms with Crippen molar-refractivity contribution in [1.29, 1.82) is 0 Å². The molecular weight excluding hydrogens is 446 g/mol. The van der Waals surface area contributed by atoms with Crippen LogP contribution in [0, 0.1) is 0 Å². The van der Waals surface area contributed by atoms with Gasteiger partial charge in [0.1, 0.15) is 12.2 Å². The number of nitrogens with zero attached hydrogens (tertiary/aromatic N) is 1. The number of ether oxygens (including phenoxy) is 4. The average molecular weight is 473 g/mol. The fourth-order valence-corrected chi connectivity index (χ4v) is 2.91. The molecule has 0 atom stereocenters. The SMILES string of the molecule is COc1cccc2c(=O)[nH]oc12.COc1cccc2c(OCCNC(=O)OC(C)(C)C)noc12. The number of para-hydroxylation sites is 2. The lowest BCUT2D eigenvalue weighted by atomic mass is 10.2. The normalized spacial score (nSPS) is 11.0. The van der Waals surface area contributed by atoms with E-state index in [0.29, 0.717) is 40.5 Å². The van der Waals surface area contributed by atoms with Crippen molar-refractivity contribution in [1.82, 2.24) is 15.6 Å². The molecule has 0 fully saturated rings. The van der Waals surface area contributed by atoms with Gasteiger partial charge in [-0.25, -0.2) is 4.79 Å². The lowest BCUT2D eigenvalue weighted by Gasteiger charge is -2.19. The molecular formula is C23H27N3O8. The van der Waals surface area contributed by atoms with E-state index in [4.69, 9.17) is 28.0 Å². The highest BCUT2D eigenvalue weighted by atomic mass is 16.6. The largest absolute Gasteiger partial charge is 0.493 e. The molecule has 1 amide bonds. The third-order valence-electron chi connectivity index (χ3n) is 4.35. The van der Waals surface area contributed by atoms with Crippen molar-refractivity contribution in [3.05, 3.63) is 46.8 Å². The van der Waals surface area contributed by atoms with Gasteiger partial charge < -0.3 is 33.3 Å². The van der Waals surface area contributed by atoms with Crippen LogP contribution in [0.3, 0.4) is 0 Å². The minimum atomic E-state index is -0.524. The second-order valence-corrected chi connectivity index (χ2v) is 7.97. The summed E-state index contributed by atoms with van der Waals surface area (Å²) in [5, 5.41) is 9.93. The van der Waals surface area contributed by atoms with Crippen molar-refractivity contribution >= 4 is 28.0 Å². The van der Waals surface area contributed by atoms with Crippen LogP contribution in [0.4, 0.5) is 4.79 Å². The maximum atomic E-state index is 11.5. The predicted octanol–water partition coefficient (Wildman–Crippen LogP) is 3.87. The maximum Gasteiger partial charge on any atom is 0.407 e. The zero-order valence-corrected chi connectivity index (χ0v) is 19.6. The number of aromatic nitrogens is 2. The van der Waals surface area contributed by atoms with Crippen molar-refractivity contribution in [3.63, 3.8) is 0 Å². The molecule has 0 radical (unpaired) electrons. The molecule has 2 aromatic heterocycles. The molecule has 34 heavy (non-hydrogen) atoms. The summed E-state index contributed by atoms with van der Waals surface area (Å²) in [5.74, 6) is 1.51. The summed E-state index contributed by atoms with van der Waals surface area (Å²) in [6.07, 6.45) is -0.484. The molecule has 0 spiro atoms. The number of H-pyrrole nitrogens is 1. The Morgan fingerprint density at radius 2 is 1.68 bits per heavy atom. The fourth-order valence-electron chi connectivity index (χ4n) is 2.91. The van der Waals surface area contributed by atoms with E-state index in [1.54, 1.807) is 52.1 Å². The molecule has 4 aromatic rings. The molecule has 0 aliphatic heterocycles. The van der Waals surface area contributed by atoms with Crippen LogP contribution in [-0.4, -0.2) is 49.4 Å². The molecule has 2 N–H and O–H groups in total. The molecule has 2 aromatic carbocycles. The minimum Gasteiger partial charge on any atom is -0.493 e. The van der Waals surface area contributed by atoms with E-state index in [2.05, 4.69) is 15.6 Å². The molecule has 4 rings (SSSR count). The molecule has 11 heteroatoms. The van der Waals surface area contributed by atoms with E-state index < -0.39 is 11.7 Å². The first-order valence-corrected chi connectivity index (χ1v) is 10.4. The Kier molecular flexibility index (Phi) is 7.67. The summed E-state index contributed by atoms with van der Waals surface area (Å²) < 4.78 is 30.9. The lowest BCUT2D eigenvalue weighted by molar-refractivity contribution is 0.0519. The number of alkyl carbamates (subject to hydrolysis) is 1. The third-order valence-corrected chi connectivity index (χ3v) is 4.35. The number of aromatic amines is 1. The molecule has 0 saturated carbocycles. The first kappa shape index (κ1) is 24.5. The van der Waals surface area contributed by atoms with E-state index in [0.717, 1.165) is 5.39 Å².